The smallest absolute Gasteiger partial charge is 0.261 e. The highest BCUT2D eigenvalue weighted by atomic mass is 28.4. The summed E-state index contributed by atoms with van der Waals surface area (Å²) in [6, 6.07) is 21.3. The Morgan fingerprint density at radius 3 is 1.67 bits per heavy atom. The van der Waals surface area contributed by atoms with Crippen molar-refractivity contribution in [1.29, 1.82) is 0 Å². The molecule has 1 N–H and O–H groups in total. The Morgan fingerprint density at radius 2 is 1.27 bits per heavy atom. The molecule has 6 nitrogen and oxygen atoms in total. The summed E-state index contributed by atoms with van der Waals surface area (Å²) in [6.45, 7) is 30.0. The first kappa shape index (κ1) is 40.8. The molecule has 0 heterocycles. The molecule has 0 aliphatic carbocycles. The Labute approximate surface area is 297 Å². The molecule has 0 bridgehead atoms. The Bertz CT molecular complexity index is 1250. The van der Waals surface area contributed by atoms with Crippen LogP contribution in [0.2, 0.25) is 23.2 Å². The molecule has 272 valence electrons. The monoisotopic (exact) mass is 701 g/mol. The largest absolute Gasteiger partial charge is 0.413 e. The molecule has 2 aromatic rings. The number of methoxy groups -OCH3 is 1. The van der Waals surface area contributed by atoms with Gasteiger partial charge in [-0.15, -0.1) is 0 Å². The molecule has 0 aromatic heterocycles. The van der Waals surface area contributed by atoms with Crippen LogP contribution in [0.4, 0.5) is 0 Å². The number of aliphatic hydroxyl groups is 1. The third-order valence-corrected chi connectivity index (χ3v) is 19.8. The lowest BCUT2D eigenvalue weighted by Gasteiger charge is -2.47. The minimum Gasteiger partial charge on any atom is -0.413 e. The van der Waals surface area contributed by atoms with Crippen molar-refractivity contribution in [3.05, 3.63) is 60.7 Å². The Hall–Kier alpha value is -1.66. The highest BCUT2D eigenvalue weighted by molar-refractivity contribution is 6.99. The minimum absolute atomic E-state index is 0.0156. The predicted octanol–water partition coefficient (Wildman–Crippen LogP) is 8.22. The molecule has 2 aromatic carbocycles. The van der Waals surface area contributed by atoms with Crippen molar-refractivity contribution in [2.24, 2.45) is 23.2 Å². The molecule has 0 fully saturated rings. The van der Waals surface area contributed by atoms with Crippen LogP contribution in [0, 0.1) is 23.2 Å². The second-order valence-electron chi connectivity index (χ2n) is 17.3. The molecule has 0 radical (unpaired) electrons. The molecule has 0 unspecified atom stereocenters. The summed E-state index contributed by atoms with van der Waals surface area (Å²) in [5.74, 6) is -1.14. The van der Waals surface area contributed by atoms with E-state index >= 15 is 0 Å². The topological polar surface area (TPSA) is 74.2 Å². The summed E-state index contributed by atoms with van der Waals surface area (Å²) >= 11 is 0. The van der Waals surface area contributed by atoms with Gasteiger partial charge in [0.05, 0.1) is 18.3 Å². The SMILES string of the molecule is [2H][C@@H](C(=O)C(C)(C)C)[C@H](O)[C@H](C)[C@H](OCOC)[C@@H](C)[C@@H](O[Si](C)(C)C(C)(C)C)[C@H](C)CO[Si](c1ccccc1)(c1ccccc1)C(C)(C)C. The standard InChI is InChI=1S/C40H68O6Si2/c1-29(27-45-48(40(10,11)12,32-22-18-16-19-23-32)33-24-20-17-21-25-33)36(46-47(14,15)39(7,8)9)31(3)37(44-28-43-13)30(2)34(41)26-35(42)38(4,5)6/h16-25,29-31,34,36-37,41H,26-28H2,1-15H3/t29-,30+,31+,34+,36+,37+/m1/s1/i26D/t26-,29-,30+,31+,34+,36+,37+. The van der Waals surface area contributed by atoms with Crippen molar-refractivity contribution in [2.45, 2.75) is 131 Å². The fourth-order valence-electron chi connectivity index (χ4n) is 6.24. The summed E-state index contributed by atoms with van der Waals surface area (Å²) in [5, 5.41) is 13.7. The Morgan fingerprint density at radius 1 is 0.792 bits per heavy atom. The molecule has 7 atom stereocenters. The maximum Gasteiger partial charge on any atom is 0.261 e. The molecule has 0 saturated heterocycles. The lowest BCUT2D eigenvalue weighted by Crippen LogP contribution is -2.67. The summed E-state index contributed by atoms with van der Waals surface area (Å²) in [4.78, 5) is 13.1. The number of ketones is 1. The second-order valence-corrected chi connectivity index (χ2v) is 26.4. The van der Waals surface area contributed by atoms with E-state index in [4.69, 9.17) is 19.7 Å². The highest BCUT2D eigenvalue weighted by Crippen LogP contribution is 2.42. The number of ether oxygens (including phenoxy) is 2. The third-order valence-electron chi connectivity index (χ3n) is 10.3. The second kappa shape index (κ2) is 17.0. The molecule has 0 aliphatic heterocycles. The van der Waals surface area contributed by atoms with Crippen LogP contribution in [-0.4, -0.2) is 66.3 Å². The van der Waals surface area contributed by atoms with Crippen molar-refractivity contribution in [3.63, 3.8) is 0 Å². The molecule has 0 spiro atoms. The van der Waals surface area contributed by atoms with Gasteiger partial charge in [0.15, 0.2) is 8.32 Å². The van der Waals surface area contributed by atoms with E-state index in [1.807, 2.05) is 6.92 Å². The van der Waals surface area contributed by atoms with E-state index in [1.165, 1.54) is 10.4 Å². The van der Waals surface area contributed by atoms with Crippen LogP contribution in [0.1, 0.15) is 90.9 Å². The number of Topliss-reactive ketones (excluding diaryl/α,β-unsaturated/α-hetero) is 1. The molecular weight excluding hydrogens is 633 g/mol. The van der Waals surface area contributed by atoms with Crippen LogP contribution in [-0.2, 0) is 23.1 Å². The zero-order valence-corrected chi connectivity index (χ0v) is 34.7. The molecule has 8 heteroatoms. The van der Waals surface area contributed by atoms with E-state index in [0.29, 0.717) is 6.61 Å². The average Bonchev–Trinajstić information content (AvgIpc) is 3.02. The zero-order valence-electron chi connectivity index (χ0n) is 33.7. The number of hydrogen-bond donors (Lipinski definition) is 1. The van der Waals surface area contributed by atoms with Gasteiger partial charge in [0.25, 0.3) is 8.32 Å². The van der Waals surface area contributed by atoms with Gasteiger partial charge in [-0.2, -0.15) is 0 Å². The number of benzene rings is 2. The average molecular weight is 702 g/mol. The van der Waals surface area contributed by atoms with Gasteiger partial charge in [-0.1, -0.05) is 144 Å². The zero-order chi connectivity index (χ0) is 37.6. The lowest BCUT2D eigenvalue weighted by molar-refractivity contribution is -0.148. The predicted molar refractivity (Wildman–Crippen MR) is 205 cm³/mol. The number of carbonyl (C=O) groups is 1. The van der Waals surface area contributed by atoms with Gasteiger partial charge < -0.3 is 23.4 Å². The van der Waals surface area contributed by atoms with Crippen molar-refractivity contribution in [3.8, 4) is 0 Å². The van der Waals surface area contributed by atoms with Gasteiger partial charge in [0, 0.05) is 44.7 Å². The first-order chi connectivity index (χ1) is 22.4. The maximum absolute atomic E-state index is 13.1. The van der Waals surface area contributed by atoms with Crippen molar-refractivity contribution in [1.82, 2.24) is 0 Å². The van der Waals surface area contributed by atoms with Gasteiger partial charge in [-0.3, -0.25) is 4.79 Å². The fraction of sp³-hybridized carbons (Fsp3) is 0.675. The van der Waals surface area contributed by atoms with E-state index in [0.717, 1.165) is 0 Å². The summed E-state index contributed by atoms with van der Waals surface area (Å²) in [7, 11) is -3.57. The van der Waals surface area contributed by atoms with Gasteiger partial charge >= 0.3 is 0 Å². The number of carbonyl (C=O) groups excluding carboxylic acids is 1. The lowest BCUT2D eigenvalue weighted by atomic mass is 9.79. The van der Waals surface area contributed by atoms with Crippen LogP contribution in [0.5, 0.6) is 0 Å². The summed E-state index contributed by atoms with van der Waals surface area (Å²) in [6.07, 6.45) is -3.39. The van der Waals surface area contributed by atoms with Crippen LogP contribution in [0.15, 0.2) is 60.7 Å². The summed E-state index contributed by atoms with van der Waals surface area (Å²) < 4.78 is 35.2. The van der Waals surface area contributed by atoms with E-state index in [9.17, 15) is 9.90 Å². The number of rotatable bonds is 17. The number of hydrogen-bond acceptors (Lipinski definition) is 6. The molecule has 0 saturated carbocycles. The highest BCUT2D eigenvalue weighted by Gasteiger charge is 2.51. The first-order valence-electron chi connectivity index (χ1n) is 18.2. The quantitative estimate of drug-likeness (QED) is 0.132. The van der Waals surface area contributed by atoms with Gasteiger partial charge in [0.2, 0.25) is 0 Å². The van der Waals surface area contributed by atoms with Crippen LogP contribution in [0.3, 0.4) is 0 Å². The van der Waals surface area contributed by atoms with Crippen molar-refractivity contribution >= 4 is 32.8 Å². The van der Waals surface area contributed by atoms with E-state index in [1.54, 1.807) is 27.9 Å². The van der Waals surface area contributed by atoms with Crippen LogP contribution in [0.25, 0.3) is 0 Å². The fourth-order valence-corrected chi connectivity index (χ4v) is 12.4. The maximum atomic E-state index is 13.1. The molecule has 0 amide bonds. The Kier molecular flexibility index (Phi) is 14.5. The van der Waals surface area contributed by atoms with Crippen LogP contribution >= 0.6 is 0 Å². The number of aliphatic hydroxyl groups excluding tert-OH is 1. The van der Waals surface area contributed by atoms with E-state index in [-0.39, 0.29) is 40.6 Å². The van der Waals surface area contributed by atoms with Crippen molar-refractivity contribution < 1.29 is 29.6 Å². The van der Waals surface area contributed by atoms with Crippen molar-refractivity contribution in [2.75, 3.05) is 20.5 Å². The van der Waals surface area contributed by atoms with Gasteiger partial charge in [0.1, 0.15) is 12.6 Å². The first-order valence-corrected chi connectivity index (χ1v) is 22.4. The summed E-state index contributed by atoms with van der Waals surface area (Å²) in [5.41, 5.74) is -0.748. The molecule has 0 aliphatic rings. The van der Waals surface area contributed by atoms with E-state index < -0.39 is 46.6 Å². The molecular formula is C40H68O6Si2. The third kappa shape index (κ3) is 10.4. The van der Waals surface area contributed by atoms with Gasteiger partial charge in [-0.25, -0.2) is 0 Å². The normalized spacial score (nSPS) is 18.3. The Balaban J connectivity index is 2.65. The van der Waals surface area contributed by atoms with Gasteiger partial charge in [-0.05, 0) is 33.5 Å². The molecule has 48 heavy (non-hydrogen) atoms. The van der Waals surface area contributed by atoms with Crippen LogP contribution < -0.4 is 10.4 Å². The molecule has 2 rings (SSSR count). The minimum atomic E-state index is -2.82. The van der Waals surface area contributed by atoms with E-state index in [2.05, 4.69) is 129 Å².